The molecular formula is C35H56N2O4. The van der Waals surface area contributed by atoms with Gasteiger partial charge in [0, 0.05) is 32.3 Å². The van der Waals surface area contributed by atoms with Crippen molar-refractivity contribution in [2.75, 3.05) is 26.3 Å². The molecular weight excluding hydrogens is 512 g/mol. The van der Waals surface area contributed by atoms with Crippen LogP contribution >= 0.6 is 0 Å². The third-order valence-corrected chi connectivity index (χ3v) is 8.40. The molecule has 0 aromatic heterocycles. The monoisotopic (exact) mass is 568 g/mol. The van der Waals surface area contributed by atoms with Gasteiger partial charge in [0.05, 0.1) is 0 Å². The molecule has 4 unspecified atom stereocenters. The standard InChI is InChI=1S/C20H31NO3.C15H23NO.H2/c1-19(2,3)24-18(23)21-15-17(11-8-12-22)14-20(21,4)13-16-9-6-5-7-10-16;1-15(10-13-6-3-2-4-7-13)11-14(12-16-15)8-5-9-17;/h5-7,9-10,17,22H,8,11-15H2,1-4H3;2-4,6-7,14,16-17H,5,8-12H2,1H3;1H. The Morgan fingerprint density at radius 2 is 1.44 bits per heavy atom. The van der Waals surface area contributed by atoms with E-state index in [1.807, 2.05) is 43.9 Å². The first-order chi connectivity index (χ1) is 19.5. The fourth-order valence-electron chi connectivity index (χ4n) is 6.60. The largest absolute Gasteiger partial charge is 0.444 e. The van der Waals surface area contributed by atoms with Gasteiger partial charge in [0.15, 0.2) is 0 Å². The SMILES string of the molecule is CC(C)(C)OC(=O)N1CC(CCCO)CC1(C)Cc1ccccc1.CC1(Cc2ccccc2)CC(CCCO)CN1.[HH]. The molecule has 0 aliphatic carbocycles. The summed E-state index contributed by atoms with van der Waals surface area (Å²) in [6, 6.07) is 21.0. The van der Waals surface area contributed by atoms with Crippen LogP contribution in [0, 0.1) is 11.8 Å². The van der Waals surface area contributed by atoms with E-state index in [0.717, 1.165) is 57.4 Å². The van der Waals surface area contributed by atoms with Crippen molar-refractivity contribution in [3.05, 3.63) is 71.8 Å². The number of aliphatic hydroxyl groups is 2. The van der Waals surface area contributed by atoms with E-state index in [9.17, 15) is 4.79 Å². The lowest BCUT2D eigenvalue weighted by Crippen LogP contribution is -2.48. The zero-order valence-electron chi connectivity index (χ0n) is 26.1. The summed E-state index contributed by atoms with van der Waals surface area (Å²) in [6.07, 6.45) is 7.68. The first-order valence-electron chi connectivity index (χ1n) is 15.5. The molecule has 2 aliphatic rings. The zero-order chi connectivity index (χ0) is 29.9. The Labute approximate surface area is 250 Å². The highest BCUT2D eigenvalue weighted by molar-refractivity contribution is 5.70. The highest BCUT2D eigenvalue weighted by Crippen LogP contribution is 2.39. The fraction of sp³-hybridized carbons (Fsp3) is 0.629. The number of carbonyl (C=O) groups is 1. The zero-order valence-corrected chi connectivity index (χ0v) is 26.1. The maximum absolute atomic E-state index is 12.7. The van der Waals surface area contributed by atoms with E-state index in [0.29, 0.717) is 19.1 Å². The van der Waals surface area contributed by atoms with Crippen LogP contribution in [0.3, 0.4) is 0 Å². The number of nitrogens with one attached hydrogen (secondary N) is 1. The fourth-order valence-corrected chi connectivity index (χ4v) is 6.60. The number of ether oxygens (including phenoxy) is 1. The molecule has 1 amide bonds. The van der Waals surface area contributed by atoms with Crippen LogP contribution in [0.15, 0.2) is 60.7 Å². The predicted molar refractivity (Wildman–Crippen MR) is 169 cm³/mol. The molecule has 6 heteroatoms. The van der Waals surface area contributed by atoms with Crippen molar-refractivity contribution in [1.29, 1.82) is 0 Å². The predicted octanol–water partition coefficient (Wildman–Crippen LogP) is 6.63. The number of benzene rings is 2. The number of hydrogen-bond donors (Lipinski definition) is 3. The molecule has 0 spiro atoms. The first kappa shape index (κ1) is 33.1. The van der Waals surface area contributed by atoms with E-state index in [1.54, 1.807) is 0 Å². The van der Waals surface area contributed by atoms with Crippen molar-refractivity contribution in [2.45, 2.75) is 103 Å². The van der Waals surface area contributed by atoms with Crippen LogP contribution in [0.1, 0.15) is 85.7 Å². The molecule has 0 bridgehead atoms. The summed E-state index contributed by atoms with van der Waals surface area (Å²) in [5, 5.41) is 21.6. The number of nitrogens with zero attached hydrogens (tertiary/aromatic N) is 1. The minimum Gasteiger partial charge on any atom is -0.444 e. The lowest BCUT2D eigenvalue weighted by atomic mass is 9.86. The number of rotatable bonds is 10. The number of likely N-dealkylation sites (tertiary alicyclic amines) is 1. The van der Waals surface area contributed by atoms with Crippen LogP contribution in [-0.4, -0.2) is 64.2 Å². The van der Waals surface area contributed by atoms with Crippen LogP contribution in [0.25, 0.3) is 0 Å². The van der Waals surface area contributed by atoms with Gasteiger partial charge in [0.1, 0.15) is 5.60 Å². The van der Waals surface area contributed by atoms with Gasteiger partial charge in [-0.3, -0.25) is 0 Å². The maximum atomic E-state index is 12.7. The second-order valence-electron chi connectivity index (χ2n) is 13.7. The molecule has 4 atom stereocenters. The Balaban J connectivity index is 0.000000302. The van der Waals surface area contributed by atoms with Crippen LogP contribution < -0.4 is 5.32 Å². The second-order valence-corrected chi connectivity index (χ2v) is 13.7. The minimum atomic E-state index is -0.492. The van der Waals surface area contributed by atoms with E-state index in [4.69, 9.17) is 14.9 Å². The summed E-state index contributed by atoms with van der Waals surface area (Å²) in [5.41, 5.74) is 2.14. The Morgan fingerprint density at radius 3 is 1.98 bits per heavy atom. The highest BCUT2D eigenvalue weighted by atomic mass is 16.6. The third-order valence-electron chi connectivity index (χ3n) is 8.40. The van der Waals surface area contributed by atoms with Crippen molar-refractivity contribution in [3.63, 3.8) is 0 Å². The van der Waals surface area contributed by atoms with Gasteiger partial charge in [-0.1, -0.05) is 60.7 Å². The molecule has 4 rings (SSSR count). The molecule has 0 radical (unpaired) electrons. The van der Waals surface area contributed by atoms with Crippen LogP contribution in [0.2, 0.25) is 0 Å². The summed E-state index contributed by atoms with van der Waals surface area (Å²) < 4.78 is 5.65. The van der Waals surface area contributed by atoms with Gasteiger partial charge in [0.2, 0.25) is 0 Å². The average Bonchev–Trinajstić information content (AvgIpc) is 3.45. The summed E-state index contributed by atoms with van der Waals surface area (Å²) >= 11 is 0. The van der Waals surface area contributed by atoms with E-state index in [2.05, 4.69) is 61.6 Å². The van der Waals surface area contributed by atoms with E-state index >= 15 is 0 Å². The topological polar surface area (TPSA) is 82.0 Å². The van der Waals surface area contributed by atoms with Gasteiger partial charge in [-0.25, -0.2) is 4.79 Å². The van der Waals surface area contributed by atoms with Crippen LogP contribution in [0.4, 0.5) is 4.79 Å². The Bertz CT molecular complexity index is 1050. The molecule has 6 nitrogen and oxygen atoms in total. The smallest absolute Gasteiger partial charge is 0.410 e. The van der Waals surface area contributed by atoms with Gasteiger partial charge in [-0.2, -0.15) is 0 Å². The molecule has 230 valence electrons. The van der Waals surface area contributed by atoms with Crippen molar-refractivity contribution in [3.8, 4) is 0 Å². The van der Waals surface area contributed by atoms with Gasteiger partial charge in [-0.15, -0.1) is 0 Å². The third kappa shape index (κ3) is 10.7. The van der Waals surface area contributed by atoms with Crippen molar-refractivity contribution < 1.29 is 21.2 Å². The molecule has 2 saturated heterocycles. The number of amides is 1. The molecule has 2 aliphatic heterocycles. The quantitative estimate of drug-likeness (QED) is 0.300. The summed E-state index contributed by atoms with van der Waals surface area (Å²) in [7, 11) is 0. The van der Waals surface area contributed by atoms with Gasteiger partial charge < -0.3 is 25.2 Å². The normalized spacial score (nSPS) is 26.0. The Hall–Kier alpha value is -2.41. The number of carbonyl (C=O) groups excluding carboxylic acids is 1. The van der Waals surface area contributed by atoms with Gasteiger partial charge >= 0.3 is 6.09 Å². The lowest BCUT2D eigenvalue weighted by Gasteiger charge is -2.36. The van der Waals surface area contributed by atoms with Crippen molar-refractivity contribution >= 4 is 6.09 Å². The van der Waals surface area contributed by atoms with E-state index in [-0.39, 0.29) is 25.2 Å². The molecule has 2 aromatic rings. The Kier molecular flexibility index (Phi) is 12.2. The van der Waals surface area contributed by atoms with Crippen molar-refractivity contribution in [1.82, 2.24) is 10.2 Å². The van der Waals surface area contributed by atoms with Gasteiger partial charge in [-0.05, 0) is 115 Å². The molecule has 2 heterocycles. The first-order valence-corrected chi connectivity index (χ1v) is 15.5. The summed E-state index contributed by atoms with van der Waals surface area (Å²) in [4.78, 5) is 14.7. The van der Waals surface area contributed by atoms with E-state index < -0.39 is 5.60 Å². The van der Waals surface area contributed by atoms with Crippen LogP contribution in [0.5, 0.6) is 0 Å². The number of aliphatic hydroxyl groups excluding tert-OH is 2. The summed E-state index contributed by atoms with van der Waals surface area (Å²) in [6.45, 7) is 12.5. The lowest BCUT2D eigenvalue weighted by molar-refractivity contribution is 0.0105. The molecule has 2 fully saturated rings. The highest BCUT2D eigenvalue weighted by Gasteiger charge is 2.45. The van der Waals surface area contributed by atoms with Gasteiger partial charge in [0.25, 0.3) is 0 Å². The summed E-state index contributed by atoms with van der Waals surface area (Å²) in [5.74, 6) is 1.15. The van der Waals surface area contributed by atoms with E-state index in [1.165, 1.54) is 17.5 Å². The minimum absolute atomic E-state index is 0. The Morgan fingerprint density at radius 1 is 0.902 bits per heavy atom. The molecule has 3 N–H and O–H groups in total. The second kappa shape index (κ2) is 15.2. The van der Waals surface area contributed by atoms with Crippen molar-refractivity contribution in [2.24, 2.45) is 11.8 Å². The molecule has 0 saturated carbocycles. The average molecular weight is 569 g/mol. The van der Waals surface area contributed by atoms with Crippen LogP contribution in [-0.2, 0) is 17.6 Å². The number of hydrogen-bond acceptors (Lipinski definition) is 5. The molecule has 41 heavy (non-hydrogen) atoms. The molecule has 2 aromatic carbocycles. The maximum Gasteiger partial charge on any atom is 0.410 e.